The molecule has 0 amide bonds. The second kappa shape index (κ2) is 5.51. The number of rotatable bonds is 5. The molecule has 0 radical (unpaired) electrons. The highest BCUT2D eigenvalue weighted by Crippen LogP contribution is 2.20. The third-order valence-electron chi connectivity index (χ3n) is 2.92. The molecule has 5 heteroatoms. The molecule has 96 valence electrons. The number of nitrogens with two attached hydrogens (primary N) is 1. The average Bonchev–Trinajstić information content (AvgIpc) is 2.30. The van der Waals surface area contributed by atoms with Gasteiger partial charge in [-0.2, -0.15) is 0 Å². The maximum Gasteiger partial charge on any atom is 0.239 e. The van der Waals surface area contributed by atoms with Crippen LogP contribution in [-0.2, 0) is 10.0 Å². The molecule has 0 aliphatic heterocycles. The van der Waals surface area contributed by atoms with Gasteiger partial charge in [0.25, 0.3) is 0 Å². The zero-order chi connectivity index (χ0) is 13.1. The van der Waals surface area contributed by atoms with Gasteiger partial charge < -0.3 is 5.73 Å². The molecule has 0 bridgehead atoms. The number of hydrogen-bond acceptors (Lipinski definition) is 3. The van der Waals surface area contributed by atoms with Crippen molar-refractivity contribution in [3.63, 3.8) is 0 Å². The number of sulfonamides is 1. The first-order valence-corrected chi connectivity index (χ1v) is 7.18. The normalized spacial score (nSPS) is 13.4. The van der Waals surface area contributed by atoms with E-state index in [-0.39, 0.29) is 6.54 Å². The Morgan fingerprint density at radius 2 is 1.82 bits per heavy atom. The highest BCUT2D eigenvalue weighted by Gasteiger charge is 2.27. The minimum atomic E-state index is -3.36. The van der Waals surface area contributed by atoms with Crippen LogP contribution in [-0.4, -0.2) is 27.3 Å². The van der Waals surface area contributed by atoms with Crippen LogP contribution in [0.25, 0.3) is 0 Å². The van der Waals surface area contributed by atoms with Crippen LogP contribution in [0.1, 0.15) is 18.9 Å². The Labute approximate surface area is 103 Å². The van der Waals surface area contributed by atoms with Crippen molar-refractivity contribution < 1.29 is 8.42 Å². The molecular formula is C12H20N2O2S. The van der Waals surface area contributed by atoms with Gasteiger partial charge in [-0.05, 0) is 25.5 Å². The lowest BCUT2D eigenvalue weighted by Crippen LogP contribution is -2.40. The van der Waals surface area contributed by atoms with Crippen LogP contribution in [0.3, 0.4) is 0 Å². The summed E-state index contributed by atoms with van der Waals surface area (Å²) in [6, 6.07) is 7.39. The van der Waals surface area contributed by atoms with E-state index in [1.165, 1.54) is 4.31 Å². The van der Waals surface area contributed by atoms with Gasteiger partial charge in [0.1, 0.15) is 0 Å². The molecule has 1 atom stereocenters. The summed E-state index contributed by atoms with van der Waals surface area (Å²) in [6.45, 7) is 3.94. The summed E-state index contributed by atoms with van der Waals surface area (Å²) in [5, 5.41) is -0.520. The van der Waals surface area contributed by atoms with E-state index in [0.29, 0.717) is 12.1 Å². The number of hydrogen-bond donors (Lipinski definition) is 1. The summed E-state index contributed by atoms with van der Waals surface area (Å²) >= 11 is 0. The molecule has 0 saturated carbocycles. The van der Waals surface area contributed by atoms with E-state index in [1.54, 1.807) is 19.2 Å². The fraction of sp³-hybridized carbons (Fsp3) is 0.500. The lowest BCUT2D eigenvalue weighted by Gasteiger charge is -2.24. The predicted molar refractivity (Wildman–Crippen MR) is 71.6 cm³/mol. The van der Waals surface area contributed by atoms with Crippen molar-refractivity contribution >= 4 is 15.7 Å². The minimum Gasteiger partial charge on any atom is -0.329 e. The van der Waals surface area contributed by atoms with E-state index in [4.69, 9.17) is 5.73 Å². The van der Waals surface area contributed by atoms with Crippen molar-refractivity contribution in [2.45, 2.75) is 25.5 Å². The molecule has 17 heavy (non-hydrogen) atoms. The van der Waals surface area contributed by atoms with Crippen LogP contribution in [0.5, 0.6) is 0 Å². The van der Waals surface area contributed by atoms with Crippen molar-refractivity contribution in [1.82, 2.24) is 0 Å². The molecule has 0 saturated heterocycles. The van der Waals surface area contributed by atoms with Gasteiger partial charge in [0.15, 0.2) is 0 Å². The maximum absolute atomic E-state index is 12.2. The van der Waals surface area contributed by atoms with E-state index < -0.39 is 15.3 Å². The summed E-state index contributed by atoms with van der Waals surface area (Å²) in [5.74, 6) is 0. The van der Waals surface area contributed by atoms with Crippen LogP contribution in [0.15, 0.2) is 24.3 Å². The highest BCUT2D eigenvalue weighted by molar-refractivity contribution is 7.93. The summed E-state index contributed by atoms with van der Waals surface area (Å²) in [5.41, 5.74) is 7.27. The molecular weight excluding hydrogens is 236 g/mol. The van der Waals surface area contributed by atoms with E-state index in [2.05, 4.69) is 0 Å². The number of aryl methyl sites for hydroxylation is 1. The summed E-state index contributed by atoms with van der Waals surface area (Å²) in [4.78, 5) is 0. The Morgan fingerprint density at radius 3 is 2.24 bits per heavy atom. The van der Waals surface area contributed by atoms with Crippen LogP contribution in [0.4, 0.5) is 5.69 Å². The van der Waals surface area contributed by atoms with E-state index in [1.807, 2.05) is 26.0 Å². The lowest BCUT2D eigenvalue weighted by molar-refractivity contribution is 0.574. The van der Waals surface area contributed by atoms with Crippen molar-refractivity contribution in [1.29, 1.82) is 0 Å². The molecule has 4 nitrogen and oxygen atoms in total. The molecule has 0 aliphatic rings. The number of benzene rings is 1. The molecule has 0 spiro atoms. The minimum absolute atomic E-state index is 0.148. The van der Waals surface area contributed by atoms with Gasteiger partial charge in [-0.3, -0.25) is 4.31 Å². The zero-order valence-electron chi connectivity index (χ0n) is 10.6. The Bertz CT molecular complexity index is 450. The third kappa shape index (κ3) is 2.98. The molecule has 1 aromatic carbocycles. The van der Waals surface area contributed by atoms with Crippen molar-refractivity contribution in [3.05, 3.63) is 29.8 Å². The average molecular weight is 256 g/mol. The monoisotopic (exact) mass is 256 g/mol. The van der Waals surface area contributed by atoms with Gasteiger partial charge in [0.2, 0.25) is 10.0 Å². The highest BCUT2D eigenvalue weighted by atomic mass is 32.2. The topological polar surface area (TPSA) is 63.4 Å². The van der Waals surface area contributed by atoms with Gasteiger partial charge >= 0.3 is 0 Å². The summed E-state index contributed by atoms with van der Waals surface area (Å²) in [6.07, 6.45) is 0.523. The Kier molecular flexibility index (Phi) is 4.54. The fourth-order valence-electron chi connectivity index (χ4n) is 1.62. The predicted octanol–water partition coefficient (Wildman–Crippen LogP) is 1.50. The van der Waals surface area contributed by atoms with Crippen LogP contribution in [0, 0.1) is 6.92 Å². The molecule has 1 rings (SSSR count). The van der Waals surface area contributed by atoms with Crippen molar-refractivity contribution in [3.8, 4) is 0 Å². The van der Waals surface area contributed by atoms with Gasteiger partial charge in [0, 0.05) is 13.6 Å². The molecule has 2 N–H and O–H groups in total. The number of anilines is 1. The van der Waals surface area contributed by atoms with Gasteiger partial charge in [-0.15, -0.1) is 0 Å². The first kappa shape index (κ1) is 14.0. The quantitative estimate of drug-likeness (QED) is 0.868. The van der Waals surface area contributed by atoms with Crippen molar-refractivity contribution in [2.24, 2.45) is 5.73 Å². The SMILES string of the molecule is CCC(CN)S(=O)(=O)N(C)c1ccc(C)cc1. The fourth-order valence-corrected chi connectivity index (χ4v) is 3.15. The molecule has 1 unspecified atom stereocenters. The van der Waals surface area contributed by atoms with E-state index in [9.17, 15) is 8.42 Å². The zero-order valence-corrected chi connectivity index (χ0v) is 11.4. The van der Waals surface area contributed by atoms with E-state index >= 15 is 0 Å². The summed E-state index contributed by atoms with van der Waals surface area (Å²) in [7, 11) is -1.79. The van der Waals surface area contributed by atoms with Gasteiger partial charge in [0.05, 0.1) is 10.9 Å². The van der Waals surface area contributed by atoms with E-state index in [0.717, 1.165) is 5.56 Å². The molecule has 1 aromatic rings. The second-order valence-corrected chi connectivity index (χ2v) is 6.36. The molecule has 0 heterocycles. The first-order valence-electron chi connectivity index (χ1n) is 5.68. The largest absolute Gasteiger partial charge is 0.329 e. The smallest absolute Gasteiger partial charge is 0.239 e. The lowest BCUT2D eigenvalue weighted by atomic mass is 10.2. The van der Waals surface area contributed by atoms with Gasteiger partial charge in [-0.25, -0.2) is 8.42 Å². The standard InChI is InChI=1S/C12H20N2O2S/c1-4-12(9-13)17(15,16)14(3)11-7-5-10(2)6-8-11/h5-8,12H,4,9,13H2,1-3H3. The third-order valence-corrected chi connectivity index (χ3v) is 5.26. The Balaban J connectivity index is 3.03. The first-order chi connectivity index (χ1) is 7.93. The number of nitrogens with zero attached hydrogens (tertiary/aromatic N) is 1. The Hall–Kier alpha value is -1.07. The van der Waals surface area contributed by atoms with Crippen LogP contribution >= 0.6 is 0 Å². The van der Waals surface area contributed by atoms with Crippen molar-refractivity contribution in [2.75, 3.05) is 17.9 Å². The van der Waals surface area contributed by atoms with Crippen LogP contribution in [0.2, 0.25) is 0 Å². The van der Waals surface area contributed by atoms with Crippen LogP contribution < -0.4 is 10.0 Å². The summed E-state index contributed by atoms with van der Waals surface area (Å²) < 4.78 is 25.8. The van der Waals surface area contributed by atoms with Gasteiger partial charge in [-0.1, -0.05) is 24.6 Å². The maximum atomic E-state index is 12.2. The molecule has 0 aliphatic carbocycles. The Morgan fingerprint density at radius 1 is 1.29 bits per heavy atom. The molecule has 0 fully saturated rings. The molecule has 0 aromatic heterocycles. The second-order valence-electron chi connectivity index (χ2n) is 4.11.